The Morgan fingerprint density at radius 3 is 1.65 bits per heavy atom. The molecule has 0 amide bonds. The Labute approximate surface area is 292 Å². The molecule has 1 heterocycles. The fourth-order valence-electron chi connectivity index (χ4n) is 5.38. The van der Waals surface area contributed by atoms with Crippen molar-refractivity contribution in [2.24, 2.45) is 0 Å². The normalized spacial score (nSPS) is 14.2. The Morgan fingerprint density at radius 1 is 0.612 bits per heavy atom. The Kier molecular flexibility index (Phi) is 10.2. The maximum absolute atomic E-state index is 7.07. The molecule has 1 unspecified atom stereocenters. The van der Waals surface area contributed by atoms with Crippen molar-refractivity contribution in [1.29, 1.82) is 0 Å². The molecule has 6 rings (SSSR count). The summed E-state index contributed by atoms with van der Waals surface area (Å²) in [6.45, 7) is 14.6. The highest BCUT2D eigenvalue weighted by atomic mass is 28.4. The van der Waals surface area contributed by atoms with Gasteiger partial charge in [-0.25, -0.2) is 0 Å². The van der Waals surface area contributed by atoms with Crippen LogP contribution in [0.3, 0.4) is 0 Å². The number of hydrogen-bond acceptors (Lipinski definition) is 5. The first kappa shape index (κ1) is 33.9. The number of ether oxygens (including phenoxy) is 4. The standard InChI is InChI=1S/C43H46O5Si/c1-31-24-38(45-29-33-18-12-8-13-19-33)36-27-41(48-49(5,6)43(2,3)4)42(47-39(36)25-31)35-22-23-37(44-28-32-16-10-7-11-17-32)40(26-35)46-30-34-20-14-9-15-21-34/h7-27,42H,28-30H2,1-6H3. The molecule has 252 valence electrons. The average Bonchev–Trinajstić information content (AvgIpc) is 3.09. The molecule has 1 aliphatic rings. The van der Waals surface area contributed by atoms with E-state index in [1.807, 2.05) is 66.7 Å². The summed E-state index contributed by atoms with van der Waals surface area (Å²) < 4.78 is 33.2. The molecule has 0 fully saturated rings. The molecule has 6 heteroatoms. The summed E-state index contributed by atoms with van der Waals surface area (Å²) in [7, 11) is -2.27. The fourth-order valence-corrected chi connectivity index (χ4v) is 6.44. The number of fused-ring (bicyclic) bond motifs is 1. The Hall–Kier alpha value is -4.94. The zero-order valence-corrected chi connectivity index (χ0v) is 30.4. The molecule has 0 spiro atoms. The molecule has 1 atom stereocenters. The lowest BCUT2D eigenvalue weighted by atomic mass is 10.00. The lowest BCUT2D eigenvalue weighted by Gasteiger charge is -2.40. The minimum absolute atomic E-state index is 0.0162. The van der Waals surface area contributed by atoms with Gasteiger partial charge in [0.15, 0.2) is 17.6 Å². The van der Waals surface area contributed by atoms with Gasteiger partial charge in [-0.1, -0.05) is 118 Å². The maximum atomic E-state index is 7.07. The van der Waals surface area contributed by atoms with E-state index in [2.05, 4.69) is 101 Å². The van der Waals surface area contributed by atoms with Crippen molar-refractivity contribution in [2.45, 2.75) is 71.8 Å². The number of aryl methyl sites for hydroxylation is 1. The van der Waals surface area contributed by atoms with Gasteiger partial charge in [0.1, 0.15) is 37.1 Å². The van der Waals surface area contributed by atoms with Crippen molar-refractivity contribution in [3.8, 4) is 23.0 Å². The average molecular weight is 671 g/mol. The molecule has 1 aliphatic heterocycles. The van der Waals surface area contributed by atoms with E-state index in [1.54, 1.807) is 0 Å². The van der Waals surface area contributed by atoms with Crippen LogP contribution in [0.15, 0.2) is 127 Å². The van der Waals surface area contributed by atoms with Crippen LogP contribution in [0.2, 0.25) is 18.1 Å². The Bertz CT molecular complexity index is 1880. The summed E-state index contributed by atoms with van der Waals surface area (Å²) in [5, 5.41) is -0.0162. The third-order valence-electron chi connectivity index (χ3n) is 9.20. The van der Waals surface area contributed by atoms with Crippen LogP contribution in [0.25, 0.3) is 6.08 Å². The lowest BCUT2D eigenvalue weighted by molar-refractivity contribution is 0.174. The van der Waals surface area contributed by atoms with Gasteiger partial charge in [0.2, 0.25) is 8.32 Å². The molecular formula is C43H46O5Si. The summed E-state index contributed by atoms with van der Waals surface area (Å²) in [6.07, 6.45) is 1.63. The molecule has 0 bridgehead atoms. The largest absolute Gasteiger partial charge is 0.544 e. The molecule has 0 saturated heterocycles. The molecular weight excluding hydrogens is 625 g/mol. The van der Waals surface area contributed by atoms with Crippen LogP contribution in [-0.2, 0) is 24.2 Å². The van der Waals surface area contributed by atoms with Crippen LogP contribution >= 0.6 is 0 Å². The first-order valence-corrected chi connectivity index (χ1v) is 19.8. The molecule has 5 aromatic rings. The molecule has 5 nitrogen and oxygen atoms in total. The summed E-state index contributed by atoms with van der Waals surface area (Å²) in [5.74, 6) is 3.61. The second kappa shape index (κ2) is 14.7. The van der Waals surface area contributed by atoms with Crippen LogP contribution < -0.4 is 18.9 Å². The van der Waals surface area contributed by atoms with Gasteiger partial charge in [-0.15, -0.1) is 0 Å². The van der Waals surface area contributed by atoms with Crippen LogP contribution in [0, 0.1) is 6.92 Å². The SMILES string of the molecule is Cc1cc(OCc2ccccc2)c2c(c1)OC(c1ccc(OCc3ccccc3)c(OCc3ccccc3)c1)C(O[Si](C)(C)C(C)(C)C)=C2. The van der Waals surface area contributed by atoms with Crippen LogP contribution in [0.5, 0.6) is 23.0 Å². The quantitative estimate of drug-likeness (QED) is 0.124. The van der Waals surface area contributed by atoms with E-state index in [4.69, 9.17) is 23.4 Å². The number of hydrogen-bond donors (Lipinski definition) is 0. The van der Waals surface area contributed by atoms with Crippen molar-refractivity contribution in [3.63, 3.8) is 0 Å². The zero-order valence-electron chi connectivity index (χ0n) is 29.4. The smallest absolute Gasteiger partial charge is 0.250 e. The monoisotopic (exact) mass is 670 g/mol. The van der Waals surface area contributed by atoms with E-state index in [0.717, 1.165) is 50.6 Å². The second-order valence-electron chi connectivity index (χ2n) is 14.1. The fraction of sp³-hybridized carbons (Fsp3) is 0.256. The first-order chi connectivity index (χ1) is 23.6. The van der Waals surface area contributed by atoms with Crippen LogP contribution in [0.4, 0.5) is 0 Å². The van der Waals surface area contributed by atoms with E-state index in [9.17, 15) is 0 Å². The highest BCUT2D eigenvalue weighted by Crippen LogP contribution is 2.47. The van der Waals surface area contributed by atoms with Gasteiger partial charge < -0.3 is 23.4 Å². The van der Waals surface area contributed by atoms with E-state index in [0.29, 0.717) is 31.3 Å². The van der Waals surface area contributed by atoms with Crippen molar-refractivity contribution in [1.82, 2.24) is 0 Å². The second-order valence-corrected chi connectivity index (χ2v) is 18.8. The van der Waals surface area contributed by atoms with E-state index >= 15 is 0 Å². The topological polar surface area (TPSA) is 46.2 Å². The molecule has 0 radical (unpaired) electrons. The van der Waals surface area contributed by atoms with Gasteiger partial charge in [-0.3, -0.25) is 0 Å². The minimum atomic E-state index is -2.27. The summed E-state index contributed by atoms with van der Waals surface area (Å²) in [4.78, 5) is 0. The lowest BCUT2D eigenvalue weighted by Crippen LogP contribution is -2.41. The van der Waals surface area contributed by atoms with Crippen molar-refractivity contribution in [3.05, 3.63) is 160 Å². The predicted octanol–water partition coefficient (Wildman–Crippen LogP) is 11.2. The van der Waals surface area contributed by atoms with Crippen molar-refractivity contribution in [2.75, 3.05) is 0 Å². The highest BCUT2D eigenvalue weighted by molar-refractivity contribution is 6.74. The van der Waals surface area contributed by atoms with E-state index in [-0.39, 0.29) is 5.04 Å². The summed E-state index contributed by atoms with van der Waals surface area (Å²) in [6, 6.07) is 40.7. The molecule has 0 aromatic heterocycles. The van der Waals surface area contributed by atoms with Crippen LogP contribution in [-0.4, -0.2) is 8.32 Å². The molecule has 49 heavy (non-hydrogen) atoms. The predicted molar refractivity (Wildman–Crippen MR) is 200 cm³/mol. The van der Waals surface area contributed by atoms with Crippen molar-refractivity contribution >= 4 is 14.4 Å². The molecule has 0 N–H and O–H groups in total. The molecule has 0 saturated carbocycles. The Balaban J connectivity index is 1.37. The Morgan fingerprint density at radius 2 is 1.12 bits per heavy atom. The van der Waals surface area contributed by atoms with E-state index in [1.165, 1.54) is 0 Å². The van der Waals surface area contributed by atoms with E-state index < -0.39 is 14.4 Å². The summed E-state index contributed by atoms with van der Waals surface area (Å²) >= 11 is 0. The van der Waals surface area contributed by atoms with Gasteiger partial charge in [-0.05, 0) is 77.7 Å². The van der Waals surface area contributed by atoms with Gasteiger partial charge in [-0.2, -0.15) is 0 Å². The third-order valence-corrected chi connectivity index (χ3v) is 13.6. The summed E-state index contributed by atoms with van der Waals surface area (Å²) in [5.41, 5.74) is 6.12. The first-order valence-electron chi connectivity index (χ1n) is 16.9. The maximum Gasteiger partial charge on any atom is 0.250 e. The van der Waals surface area contributed by atoms with Gasteiger partial charge >= 0.3 is 0 Å². The van der Waals surface area contributed by atoms with Gasteiger partial charge in [0, 0.05) is 5.56 Å². The number of benzene rings is 5. The number of rotatable bonds is 12. The minimum Gasteiger partial charge on any atom is -0.544 e. The molecule has 5 aromatic carbocycles. The third kappa shape index (κ3) is 8.38. The van der Waals surface area contributed by atoms with Crippen LogP contribution in [0.1, 0.15) is 60.3 Å². The highest BCUT2D eigenvalue weighted by Gasteiger charge is 2.42. The zero-order chi connectivity index (χ0) is 34.4. The van der Waals surface area contributed by atoms with Gasteiger partial charge in [0.05, 0.1) is 5.56 Å². The van der Waals surface area contributed by atoms with Gasteiger partial charge in [0.25, 0.3) is 0 Å². The molecule has 0 aliphatic carbocycles. The van der Waals surface area contributed by atoms with Crippen molar-refractivity contribution < 1.29 is 23.4 Å².